The largest absolute Gasteiger partial charge is 0.476 e. The highest BCUT2D eigenvalue weighted by atomic mass is 16.6. The Balaban J connectivity index is 1.04. The number of fused-ring (bicyclic) bond motifs is 4. The number of nitrogens with one attached hydrogen (secondary N) is 1. The van der Waals surface area contributed by atoms with Crippen molar-refractivity contribution in [2.24, 2.45) is 5.92 Å². The van der Waals surface area contributed by atoms with Gasteiger partial charge in [0.1, 0.15) is 12.4 Å². The highest BCUT2D eigenvalue weighted by molar-refractivity contribution is 6.04. The number of rotatable bonds is 12. The van der Waals surface area contributed by atoms with E-state index in [1.807, 2.05) is 77.7 Å². The van der Waals surface area contributed by atoms with Gasteiger partial charge in [-0.25, -0.2) is 4.79 Å². The van der Waals surface area contributed by atoms with Crippen LogP contribution >= 0.6 is 0 Å². The smallest absolute Gasteiger partial charge is 0.409 e. The average molecular weight is 771 g/mol. The molecule has 0 bridgehead atoms. The molecule has 57 heavy (non-hydrogen) atoms. The lowest BCUT2D eigenvalue weighted by Crippen LogP contribution is -2.56. The van der Waals surface area contributed by atoms with Crippen molar-refractivity contribution in [1.82, 2.24) is 10.2 Å². The summed E-state index contributed by atoms with van der Waals surface area (Å²) in [5.74, 6) is -0.633. The number of nitrogens with zero attached hydrogens (tertiary/aromatic N) is 3. The van der Waals surface area contributed by atoms with Gasteiger partial charge in [-0.2, -0.15) is 0 Å². The number of carbonyl (C=O) groups is 4. The van der Waals surface area contributed by atoms with Gasteiger partial charge in [-0.1, -0.05) is 78.9 Å². The number of piperidine rings is 1. The summed E-state index contributed by atoms with van der Waals surface area (Å²) >= 11 is 0. The van der Waals surface area contributed by atoms with E-state index in [0.29, 0.717) is 43.1 Å². The van der Waals surface area contributed by atoms with Gasteiger partial charge in [0.15, 0.2) is 5.60 Å². The Labute approximate surface area is 333 Å². The first-order chi connectivity index (χ1) is 27.6. The molecule has 0 unspecified atom stereocenters. The van der Waals surface area contributed by atoms with Crippen LogP contribution in [0.25, 0.3) is 11.1 Å². The second kappa shape index (κ2) is 16.1. The van der Waals surface area contributed by atoms with Crippen molar-refractivity contribution in [2.75, 3.05) is 49.8 Å². The second-order valence-corrected chi connectivity index (χ2v) is 16.1. The van der Waals surface area contributed by atoms with Gasteiger partial charge in [-0.15, -0.1) is 0 Å². The molecule has 2 fully saturated rings. The lowest BCUT2D eigenvalue weighted by molar-refractivity contribution is -0.132. The molecule has 11 nitrogen and oxygen atoms in total. The molecule has 11 heteroatoms. The first kappa shape index (κ1) is 38.2. The summed E-state index contributed by atoms with van der Waals surface area (Å²) < 4.78 is 17.5. The van der Waals surface area contributed by atoms with Crippen LogP contribution < -0.4 is 19.9 Å². The number of likely N-dealkylation sites (tertiary alicyclic amines) is 1. The predicted molar refractivity (Wildman–Crippen MR) is 217 cm³/mol. The summed E-state index contributed by atoms with van der Waals surface area (Å²) in [5, 5.41) is 3.14. The van der Waals surface area contributed by atoms with E-state index in [1.54, 1.807) is 30.8 Å². The van der Waals surface area contributed by atoms with Gasteiger partial charge in [0.25, 0.3) is 5.91 Å². The van der Waals surface area contributed by atoms with Crippen LogP contribution in [-0.2, 0) is 30.3 Å². The van der Waals surface area contributed by atoms with Crippen molar-refractivity contribution >= 4 is 35.2 Å². The Kier molecular flexibility index (Phi) is 10.8. The van der Waals surface area contributed by atoms with Crippen LogP contribution in [0.4, 0.5) is 16.2 Å². The van der Waals surface area contributed by atoms with Crippen LogP contribution in [0.2, 0.25) is 0 Å². The van der Waals surface area contributed by atoms with Crippen LogP contribution in [0.3, 0.4) is 0 Å². The zero-order chi connectivity index (χ0) is 39.7. The molecule has 0 radical (unpaired) electrons. The molecule has 0 aromatic heterocycles. The van der Waals surface area contributed by atoms with Crippen molar-refractivity contribution in [3.63, 3.8) is 0 Å². The standard InChI is InChI=1S/C46H50N4O7/c1-46(2)44(53)49(22-11-23-55-3)40-26-34(20-21-41(40)57-46)50(33-18-19-33)43(52)31-25-32(47-42(51)24-30-12-5-4-6-13-30)28-48(27-31)45(54)56-29-39-37-16-9-7-14-35(37)36-15-8-10-17-38(36)39/h4-10,12-17,20-21,26,31-33,39H,11,18-19,22-25,27-29H2,1-3H3,(H,47,51)/t31-,32+/m1/s1. The number of methoxy groups -OCH3 is 1. The van der Waals surface area contributed by atoms with Gasteiger partial charge in [0.05, 0.1) is 18.0 Å². The fourth-order valence-electron chi connectivity index (χ4n) is 8.62. The van der Waals surface area contributed by atoms with Crippen molar-refractivity contribution in [3.05, 3.63) is 114 Å². The minimum absolute atomic E-state index is 0.0231. The molecular weight excluding hydrogens is 721 g/mol. The highest BCUT2D eigenvalue weighted by Gasteiger charge is 2.44. The van der Waals surface area contributed by atoms with E-state index in [4.69, 9.17) is 14.2 Å². The Morgan fingerprint density at radius 2 is 1.58 bits per heavy atom. The van der Waals surface area contributed by atoms with Crippen molar-refractivity contribution in [1.29, 1.82) is 0 Å². The molecule has 296 valence electrons. The van der Waals surface area contributed by atoms with Crippen LogP contribution in [-0.4, -0.2) is 86.4 Å². The van der Waals surface area contributed by atoms with E-state index in [9.17, 15) is 19.2 Å². The van der Waals surface area contributed by atoms with Crippen molar-refractivity contribution in [2.45, 2.75) is 69.6 Å². The van der Waals surface area contributed by atoms with Crippen LogP contribution in [0.5, 0.6) is 5.75 Å². The summed E-state index contributed by atoms with van der Waals surface area (Å²) in [7, 11) is 1.63. The fraction of sp³-hybridized carbons (Fsp3) is 0.391. The molecule has 4 aliphatic rings. The van der Waals surface area contributed by atoms with Gasteiger partial charge in [0.2, 0.25) is 11.8 Å². The molecule has 4 aromatic carbocycles. The normalized spacial score (nSPS) is 19.5. The first-order valence-corrected chi connectivity index (χ1v) is 20.0. The number of anilines is 2. The second-order valence-electron chi connectivity index (χ2n) is 16.1. The number of amides is 4. The Hall–Kier alpha value is -5.68. The molecule has 4 aromatic rings. The first-order valence-electron chi connectivity index (χ1n) is 20.0. The molecule has 2 aliphatic heterocycles. The lowest BCUT2D eigenvalue weighted by Gasteiger charge is -2.40. The van der Waals surface area contributed by atoms with E-state index < -0.39 is 23.7 Å². The Morgan fingerprint density at radius 3 is 2.26 bits per heavy atom. The zero-order valence-electron chi connectivity index (χ0n) is 32.8. The summed E-state index contributed by atoms with van der Waals surface area (Å²) in [6, 6.07) is 31.0. The maximum atomic E-state index is 14.8. The molecular formula is C46H50N4O7. The third-order valence-electron chi connectivity index (χ3n) is 11.5. The number of benzene rings is 4. The summed E-state index contributed by atoms with van der Waals surface area (Å²) in [5.41, 5.74) is 5.61. The summed E-state index contributed by atoms with van der Waals surface area (Å²) in [6.45, 7) is 4.97. The third-order valence-corrected chi connectivity index (χ3v) is 11.5. The van der Waals surface area contributed by atoms with Crippen molar-refractivity contribution < 1.29 is 33.4 Å². The van der Waals surface area contributed by atoms with E-state index in [0.717, 1.165) is 40.7 Å². The van der Waals surface area contributed by atoms with Crippen LogP contribution in [0.15, 0.2) is 97.1 Å². The minimum Gasteiger partial charge on any atom is -0.476 e. The molecule has 8 rings (SSSR count). The number of ether oxygens (including phenoxy) is 3. The van der Waals surface area contributed by atoms with E-state index in [1.165, 1.54) is 0 Å². The fourth-order valence-corrected chi connectivity index (χ4v) is 8.62. The summed E-state index contributed by atoms with van der Waals surface area (Å²) in [4.78, 5) is 61.0. The maximum absolute atomic E-state index is 14.8. The molecule has 2 aliphatic carbocycles. The molecule has 1 saturated carbocycles. The number of hydrogen-bond acceptors (Lipinski definition) is 7. The predicted octanol–water partition coefficient (Wildman–Crippen LogP) is 6.72. The summed E-state index contributed by atoms with van der Waals surface area (Å²) in [6.07, 6.45) is 2.33. The maximum Gasteiger partial charge on any atom is 0.409 e. The zero-order valence-corrected chi connectivity index (χ0v) is 32.8. The minimum atomic E-state index is -1.04. The SMILES string of the molecule is COCCCN1C(=O)C(C)(C)Oc2ccc(N(C(=O)[C@@H]3C[C@H](NC(=O)Cc4ccccc4)CN(C(=O)OCC4c5ccccc5-c5ccccc54)C3)C3CC3)cc21. The Bertz CT molecular complexity index is 2110. The van der Waals surface area contributed by atoms with Gasteiger partial charge in [-0.05, 0) is 85.5 Å². The number of carbonyl (C=O) groups excluding carboxylic acids is 4. The molecule has 2 atom stereocenters. The van der Waals surface area contributed by atoms with Gasteiger partial charge in [-0.3, -0.25) is 14.4 Å². The van der Waals surface area contributed by atoms with Gasteiger partial charge < -0.3 is 34.2 Å². The lowest BCUT2D eigenvalue weighted by atomic mass is 9.92. The highest BCUT2D eigenvalue weighted by Crippen LogP contribution is 2.45. The van der Waals surface area contributed by atoms with Gasteiger partial charge in [0, 0.05) is 57.0 Å². The van der Waals surface area contributed by atoms with Crippen LogP contribution in [0.1, 0.15) is 62.1 Å². The van der Waals surface area contributed by atoms with Gasteiger partial charge >= 0.3 is 6.09 Å². The van der Waals surface area contributed by atoms with E-state index in [-0.39, 0.29) is 55.8 Å². The molecule has 0 spiro atoms. The van der Waals surface area contributed by atoms with E-state index >= 15 is 0 Å². The number of hydrogen-bond donors (Lipinski definition) is 1. The van der Waals surface area contributed by atoms with Crippen LogP contribution in [0, 0.1) is 5.92 Å². The molecule has 4 amide bonds. The van der Waals surface area contributed by atoms with Crippen molar-refractivity contribution in [3.8, 4) is 16.9 Å². The molecule has 2 heterocycles. The topological polar surface area (TPSA) is 118 Å². The van der Waals surface area contributed by atoms with E-state index in [2.05, 4.69) is 29.6 Å². The molecule has 1 N–H and O–H groups in total. The molecule has 1 saturated heterocycles. The Morgan fingerprint density at radius 1 is 0.895 bits per heavy atom. The quantitative estimate of drug-likeness (QED) is 0.159. The average Bonchev–Trinajstić information content (AvgIpc) is 4.00. The monoisotopic (exact) mass is 770 g/mol. The third kappa shape index (κ3) is 7.98.